The molecule has 3 heterocycles. The topological polar surface area (TPSA) is 147 Å². The number of rotatable bonds is 7. The molecule has 3 N–H and O–H groups in total. The zero-order chi connectivity index (χ0) is 37.6. The van der Waals surface area contributed by atoms with Crippen LogP contribution < -0.4 is 20.1 Å². The van der Waals surface area contributed by atoms with Crippen molar-refractivity contribution in [2.45, 2.75) is 112 Å². The van der Waals surface area contributed by atoms with E-state index in [0.29, 0.717) is 38.0 Å². The lowest BCUT2D eigenvalue weighted by Gasteiger charge is -2.30. The second-order valence-corrected chi connectivity index (χ2v) is 17.4. The lowest BCUT2D eigenvalue weighted by Crippen LogP contribution is -2.58. The highest BCUT2D eigenvalue weighted by Crippen LogP contribution is 2.49. The van der Waals surface area contributed by atoms with Gasteiger partial charge in [-0.3, -0.25) is 19.1 Å². The zero-order valence-corrected chi connectivity index (χ0v) is 30.3. The highest BCUT2D eigenvalue weighted by atomic mass is 32.2. The molecule has 7 rings (SSSR count). The van der Waals surface area contributed by atoms with Crippen LogP contribution in [0.1, 0.15) is 83.1 Å². The minimum absolute atomic E-state index is 0.0298. The number of anilines is 1. The third-order valence-electron chi connectivity index (χ3n) is 11.3. The van der Waals surface area contributed by atoms with E-state index < -0.39 is 68.0 Å². The Bertz CT molecular complexity index is 2000. The number of fused-ring (bicyclic) bond motifs is 3. The highest BCUT2D eigenvalue weighted by Gasteiger charge is 2.63. The van der Waals surface area contributed by atoms with Crippen LogP contribution >= 0.6 is 0 Å². The number of halogens is 3. The Labute approximate surface area is 306 Å². The lowest BCUT2D eigenvalue weighted by molar-refractivity contribution is -0.140. The number of carbonyl (C=O) groups is 3. The molecular weight excluding hydrogens is 712 g/mol. The maximum atomic E-state index is 14.5. The number of nitrogens with zero attached hydrogens (tertiary/aromatic N) is 2. The van der Waals surface area contributed by atoms with Crippen LogP contribution in [0.5, 0.6) is 5.88 Å². The van der Waals surface area contributed by atoms with E-state index >= 15 is 0 Å². The summed E-state index contributed by atoms with van der Waals surface area (Å²) in [6, 6.07) is 11.9. The van der Waals surface area contributed by atoms with Crippen molar-refractivity contribution in [3.05, 3.63) is 66.4 Å². The molecule has 2 saturated carbocycles. The largest absolute Gasteiger partial charge is 0.472 e. The maximum absolute atomic E-state index is 14.5. The van der Waals surface area contributed by atoms with Gasteiger partial charge in [-0.1, -0.05) is 56.4 Å². The van der Waals surface area contributed by atoms with Gasteiger partial charge < -0.3 is 20.3 Å². The summed E-state index contributed by atoms with van der Waals surface area (Å²) in [5.41, 5.74) is -2.20. The number of aromatic nitrogens is 1. The number of ether oxygens (including phenoxy) is 1. The number of pyridine rings is 1. The highest BCUT2D eigenvalue weighted by molar-refractivity contribution is 7.91. The van der Waals surface area contributed by atoms with Crippen LogP contribution in [0, 0.1) is 5.92 Å². The van der Waals surface area contributed by atoms with Crippen LogP contribution in [-0.2, 0) is 30.6 Å². The van der Waals surface area contributed by atoms with Gasteiger partial charge in [0, 0.05) is 23.7 Å². The summed E-state index contributed by atoms with van der Waals surface area (Å²) in [4.78, 5) is 48.5. The third kappa shape index (κ3) is 7.67. The molecule has 4 fully saturated rings. The molecule has 0 radical (unpaired) electrons. The number of hydrogen-bond acceptors (Lipinski definition) is 8. The molecule has 11 nitrogen and oxygen atoms in total. The van der Waals surface area contributed by atoms with Gasteiger partial charge in [0.1, 0.15) is 23.7 Å². The van der Waals surface area contributed by atoms with Crippen molar-refractivity contribution in [3.63, 3.8) is 0 Å². The number of benzene rings is 2. The average molecular weight is 756 g/mol. The van der Waals surface area contributed by atoms with E-state index in [0.717, 1.165) is 48.6 Å². The van der Waals surface area contributed by atoms with Crippen LogP contribution in [0.3, 0.4) is 0 Å². The van der Waals surface area contributed by atoms with E-state index in [2.05, 4.69) is 20.3 Å². The summed E-state index contributed by atoms with van der Waals surface area (Å²) >= 11 is 0. The predicted molar refractivity (Wildman–Crippen MR) is 191 cm³/mol. The summed E-state index contributed by atoms with van der Waals surface area (Å²) in [6.45, 7) is 1.55. The Morgan fingerprint density at radius 1 is 1.00 bits per heavy atom. The van der Waals surface area contributed by atoms with Crippen LogP contribution in [0.25, 0.3) is 10.8 Å². The van der Waals surface area contributed by atoms with Crippen molar-refractivity contribution in [2.24, 2.45) is 5.92 Å². The second-order valence-electron chi connectivity index (χ2n) is 15.2. The predicted octanol–water partition coefficient (Wildman–Crippen LogP) is 5.70. The van der Waals surface area contributed by atoms with E-state index in [4.69, 9.17) is 4.74 Å². The van der Waals surface area contributed by atoms with Gasteiger partial charge in [-0.05, 0) is 80.7 Å². The van der Waals surface area contributed by atoms with Gasteiger partial charge >= 0.3 is 6.18 Å². The summed E-state index contributed by atoms with van der Waals surface area (Å²) in [5.74, 6) is -1.87. The van der Waals surface area contributed by atoms with Crippen molar-refractivity contribution in [3.8, 4) is 5.88 Å². The summed E-state index contributed by atoms with van der Waals surface area (Å²) in [6.07, 6.45) is 2.19. The molecule has 0 spiro atoms. The van der Waals surface area contributed by atoms with Crippen molar-refractivity contribution in [1.82, 2.24) is 19.9 Å². The Balaban J connectivity index is 1.20. The molecule has 2 saturated heterocycles. The molecule has 53 heavy (non-hydrogen) atoms. The Morgan fingerprint density at radius 2 is 1.74 bits per heavy atom. The fourth-order valence-corrected chi connectivity index (χ4v) is 8.99. The number of amides is 3. The molecule has 4 aliphatic rings. The summed E-state index contributed by atoms with van der Waals surface area (Å²) in [7, 11) is -3.99. The number of carbonyl (C=O) groups excluding carboxylic acids is 3. The first-order valence-electron chi connectivity index (χ1n) is 18.3. The van der Waals surface area contributed by atoms with Gasteiger partial charge in [0.2, 0.25) is 27.7 Å². The first-order chi connectivity index (χ1) is 25.2. The average Bonchev–Trinajstić information content (AvgIpc) is 4.00. The van der Waals surface area contributed by atoms with Gasteiger partial charge in [-0.2, -0.15) is 13.2 Å². The fraction of sp³-hybridized carbons (Fsp3) is 0.526. The Morgan fingerprint density at radius 3 is 2.49 bits per heavy atom. The van der Waals surface area contributed by atoms with Crippen LogP contribution in [-0.4, -0.2) is 71.0 Å². The molecule has 15 heteroatoms. The van der Waals surface area contributed by atoms with Crippen molar-refractivity contribution in [2.75, 3.05) is 11.9 Å². The lowest BCUT2D eigenvalue weighted by atomic mass is 10.0. The normalized spacial score (nSPS) is 27.7. The van der Waals surface area contributed by atoms with Gasteiger partial charge in [0.15, 0.2) is 0 Å². The molecule has 2 aliphatic heterocycles. The van der Waals surface area contributed by atoms with E-state index in [9.17, 15) is 36.0 Å². The molecule has 0 bridgehead atoms. The minimum atomic E-state index is -4.58. The van der Waals surface area contributed by atoms with Crippen LogP contribution in [0.4, 0.5) is 18.9 Å². The fourth-order valence-electron chi connectivity index (χ4n) is 7.68. The van der Waals surface area contributed by atoms with Gasteiger partial charge in [-0.25, -0.2) is 13.4 Å². The van der Waals surface area contributed by atoms with E-state index in [1.807, 2.05) is 30.3 Å². The zero-order valence-electron chi connectivity index (χ0n) is 29.5. The van der Waals surface area contributed by atoms with Gasteiger partial charge in [0.05, 0.1) is 16.9 Å². The molecule has 2 aliphatic carbocycles. The van der Waals surface area contributed by atoms with Gasteiger partial charge in [-0.15, -0.1) is 0 Å². The molecule has 3 aromatic rings. The molecule has 284 valence electrons. The van der Waals surface area contributed by atoms with Crippen molar-refractivity contribution >= 4 is 44.2 Å². The number of hydrogen-bond donors (Lipinski definition) is 3. The molecule has 5 atom stereocenters. The standard InChI is InChI=1S/C38H44F3N5O6S/c1-36(17-18-36)53(50,51)45-35(49)37-22-26(37)11-5-3-2-4-6-15-30(43-27-13-9-12-25(20-27)38(39,40)41)34(48)46-23-28(21-31(46)32(47)44-37)52-33-29-14-8-7-10-24(29)16-19-42-33/h7-10,12-14,16,19-20,26,28,30-31,43H,2-6,11,15,17-18,21-23H2,1H3,(H,44,47)(H,45,49)/t26-,28-,30+,31+,37-/m1/s1. The molecule has 2 aromatic carbocycles. The molecule has 1 aromatic heterocycles. The Hall–Kier alpha value is -4.40. The molecule has 0 unspecified atom stereocenters. The number of nitrogens with one attached hydrogen (secondary N) is 3. The van der Waals surface area contributed by atoms with Crippen molar-refractivity contribution < 1.29 is 40.7 Å². The van der Waals surface area contributed by atoms with Crippen LogP contribution in [0.2, 0.25) is 0 Å². The van der Waals surface area contributed by atoms with Gasteiger partial charge in [0.25, 0.3) is 5.91 Å². The van der Waals surface area contributed by atoms with Crippen LogP contribution in [0.15, 0.2) is 60.8 Å². The quantitative estimate of drug-likeness (QED) is 0.279. The summed E-state index contributed by atoms with van der Waals surface area (Å²) < 4.78 is 74.7. The maximum Gasteiger partial charge on any atom is 0.416 e. The second kappa shape index (κ2) is 14.1. The number of alkyl halides is 3. The molecular formula is C38H44F3N5O6S. The van der Waals surface area contributed by atoms with E-state index in [-0.39, 0.29) is 31.0 Å². The molecule has 3 amide bonds. The first-order valence-corrected chi connectivity index (χ1v) is 19.8. The number of sulfonamides is 1. The summed E-state index contributed by atoms with van der Waals surface area (Å²) in [5, 5.41) is 7.55. The van der Waals surface area contributed by atoms with Crippen molar-refractivity contribution in [1.29, 1.82) is 0 Å². The Kier molecular flexibility index (Phi) is 9.83. The van der Waals surface area contributed by atoms with E-state index in [1.54, 1.807) is 13.1 Å². The SMILES string of the molecule is CC1(S(=O)(=O)NC(=O)[C@@]23C[C@H]2CCCCCCC[C@H](Nc2cccc(C(F)(F)F)c2)C(=O)N2C[C@H](Oc4nccc5ccccc45)C[C@H]2C(=O)N3)CC1. The smallest absolute Gasteiger partial charge is 0.416 e. The first kappa shape index (κ1) is 36.9. The minimum Gasteiger partial charge on any atom is -0.472 e. The van der Waals surface area contributed by atoms with E-state index in [1.165, 1.54) is 17.0 Å². The third-order valence-corrected chi connectivity index (χ3v) is 13.5. The monoisotopic (exact) mass is 755 g/mol.